The van der Waals surface area contributed by atoms with Gasteiger partial charge in [-0.05, 0) is 12.1 Å². The van der Waals surface area contributed by atoms with E-state index in [-0.39, 0.29) is 39.5 Å². The van der Waals surface area contributed by atoms with Crippen LogP contribution in [0, 0.1) is 0 Å². The lowest BCUT2D eigenvalue weighted by molar-refractivity contribution is -0.138. The van der Waals surface area contributed by atoms with Crippen LogP contribution >= 0.6 is 0 Å². The van der Waals surface area contributed by atoms with E-state index in [1.54, 1.807) is 18.2 Å². The Morgan fingerprint density at radius 1 is 0.800 bits per heavy atom. The zero-order valence-corrected chi connectivity index (χ0v) is 16.3. The molecule has 11 nitrogen and oxygen atoms in total. The number of nitrogens with one attached hydrogen (secondary N) is 2. The zero-order valence-electron chi connectivity index (χ0n) is 16.3. The molecule has 0 radical (unpaired) electrons. The minimum atomic E-state index is -0.704. The number of carbonyl (C=O) groups is 4. The number of nitrogens with zero attached hydrogens (tertiary/aromatic N) is 1. The molecule has 2 N–H and O–H groups in total. The maximum absolute atomic E-state index is 11.6. The molecule has 0 aliphatic heterocycles. The fourth-order valence-corrected chi connectivity index (χ4v) is 1.80. The SMILES string of the molecule is C=CC(=O)OCCNC(=O)OCc1cccc(COC(=O)NCCOC(=O)C=C)n1. The van der Waals surface area contributed by atoms with Crippen molar-refractivity contribution in [3.8, 4) is 0 Å². The van der Waals surface area contributed by atoms with Crippen molar-refractivity contribution in [2.24, 2.45) is 0 Å². The molecule has 11 heteroatoms. The van der Waals surface area contributed by atoms with E-state index in [4.69, 9.17) is 18.9 Å². The first kappa shape index (κ1) is 24.1. The average molecular weight is 421 g/mol. The van der Waals surface area contributed by atoms with E-state index in [9.17, 15) is 19.2 Å². The van der Waals surface area contributed by atoms with Crippen LogP contribution in [0.25, 0.3) is 0 Å². The zero-order chi connectivity index (χ0) is 22.2. The second-order valence-corrected chi connectivity index (χ2v) is 5.37. The van der Waals surface area contributed by atoms with Gasteiger partial charge in [0, 0.05) is 12.2 Å². The van der Waals surface area contributed by atoms with Gasteiger partial charge in [-0.15, -0.1) is 0 Å². The predicted molar refractivity (Wildman–Crippen MR) is 103 cm³/mol. The molecule has 0 bridgehead atoms. The molecule has 0 atom stereocenters. The number of aromatic nitrogens is 1. The number of rotatable bonds is 12. The summed E-state index contributed by atoms with van der Waals surface area (Å²) in [6.45, 7) is 6.44. The summed E-state index contributed by atoms with van der Waals surface area (Å²) in [6, 6.07) is 4.94. The van der Waals surface area contributed by atoms with E-state index < -0.39 is 24.1 Å². The van der Waals surface area contributed by atoms with Gasteiger partial charge in [-0.3, -0.25) is 4.98 Å². The molecule has 0 fully saturated rings. The Bertz CT molecular complexity index is 707. The van der Waals surface area contributed by atoms with Crippen LogP contribution in [0.15, 0.2) is 43.5 Å². The summed E-state index contributed by atoms with van der Waals surface area (Å²) in [5.41, 5.74) is 0.891. The molecule has 1 aromatic rings. The lowest BCUT2D eigenvalue weighted by atomic mass is 10.3. The summed E-state index contributed by atoms with van der Waals surface area (Å²) >= 11 is 0. The number of esters is 2. The molecule has 1 rings (SSSR count). The minimum absolute atomic E-state index is 0.0101. The molecule has 2 amide bonds. The number of alkyl carbamates (subject to hydrolysis) is 2. The number of hydrogen-bond donors (Lipinski definition) is 2. The highest BCUT2D eigenvalue weighted by Crippen LogP contribution is 2.03. The summed E-state index contributed by atoms with van der Waals surface area (Å²) in [5.74, 6) is -1.17. The Labute approximate surface area is 173 Å². The number of pyridine rings is 1. The van der Waals surface area contributed by atoms with Gasteiger partial charge in [0.1, 0.15) is 26.4 Å². The average Bonchev–Trinajstić information content (AvgIpc) is 2.76. The molecule has 0 aromatic carbocycles. The Kier molecular flexibility index (Phi) is 11.4. The summed E-state index contributed by atoms with van der Waals surface area (Å²) in [4.78, 5) is 49.1. The fourth-order valence-electron chi connectivity index (χ4n) is 1.80. The van der Waals surface area contributed by atoms with Gasteiger partial charge in [0.15, 0.2) is 0 Å². The van der Waals surface area contributed by atoms with Crippen LogP contribution < -0.4 is 10.6 Å². The van der Waals surface area contributed by atoms with E-state index >= 15 is 0 Å². The standard InChI is InChI=1S/C19H23N3O8/c1-3-16(23)27-10-8-20-18(25)29-12-14-6-5-7-15(22-14)13-30-19(26)21-9-11-28-17(24)4-2/h3-7H,1-2,8-13H2,(H,20,25)(H,21,26). The topological polar surface area (TPSA) is 142 Å². The Morgan fingerprint density at radius 3 is 1.63 bits per heavy atom. The maximum atomic E-state index is 11.6. The van der Waals surface area contributed by atoms with Crippen molar-refractivity contribution < 1.29 is 38.1 Å². The first-order valence-electron chi connectivity index (χ1n) is 8.79. The molecular weight excluding hydrogens is 398 g/mol. The van der Waals surface area contributed by atoms with Crippen LogP contribution in [-0.2, 0) is 41.8 Å². The molecule has 162 valence electrons. The van der Waals surface area contributed by atoms with Crippen molar-refractivity contribution in [1.29, 1.82) is 0 Å². The van der Waals surface area contributed by atoms with Crippen LogP contribution in [0.3, 0.4) is 0 Å². The Balaban J connectivity index is 2.27. The smallest absolute Gasteiger partial charge is 0.407 e. The summed E-state index contributed by atoms with van der Waals surface area (Å²) < 4.78 is 19.4. The molecule has 0 unspecified atom stereocenters. The van der Waals surface area contributed by atoms with Crippen molar-refractivity contribution in [2.75, 3.05) is 26.3 Å². The van der Waals surface area contributed by atoms with Crippen molar-refractivity contribution in [2.45, 2.75) is 13.2 Å². The van der Waals surface area contributed by atoms with Gasteiger partial charge in [-0.25, -0.2) is 19.2 Å². The Hall–Kier alpha value is -3.89. The van der Waals surface area contributed by atoms with E-state index in [0.29, 0.717) is 11.4 Å². The van der Waals surface area contributed by atoms with Gasteiger partial charge in [0.05, 0.1) is 24.5 Å². The monoisotopic (exact) mass is 421 g/mol. The summed E-state index contributed by atoms with van der Waals surface area (Å²) in [7, 11) is 0. The molecule has 0 saturated heterocycles. The summed E-state index contributed by atoms with van der Waals surface area (Å²) in [6.07, 6.45) is 0.630. The quantitative estimate of drug-likeness (QED) is 0.219. The van der Waals surface area contributed by atoms with E-state index in [1.165, 1.54) is 0 Å². The second kappa shape index (κ2) is 14.2. The largest absolute Gasteiger partial charge is 0.461 e. The first-order chi connectivity index (χ1) is 14.4. The van der Waals surface area contributed by atoms with Crippen LogP contribution in [0.5, 0.6) is 0 Å². The predicted octanol–water partition coefficient (Wildman–Crippen LogP) is 0.992. The number of hydrogen-bond acceptors (Lipinski definition) is 9. The van der Waals surface area contributed by atoms with Gasteiger partial charge >= 0.3 is 24.1 Å². The van der Waals surface area contributed by atoms with Crippen molar-refractivity contribution in [3.63, 3.8) is 0 Å². The van der Waals surface area contributed by atoms with Gasteiger partial charge in [-0.1, -0.05) is 19.2 Å². The highest BCUT2D eigenvalue weighted by molar-refractivity contribution is 5.81. The van der Waals surface area contributed by atoms with Crippen molar-refractivity contribution >= 4 is 24.1 Å². The lowest BCUT2D eigenvalue weighted by Gasteiger charge is -2.09. The maximum Gasteiger partial charge on any atom is 0.407 e. The van der Waals surface area contributed by atoms with E-state index in [2.05, 4.69) is 28.8 Å². The molecule has 30 heavy (non-hydrogen) atoms. The first-order valence-corrected chi connectivity index (χ1v) is 8.79. The number of amides is 2. The highest BCUT2D eigenvalue weighted by atomic mass is 16.6. The van der Waals surface area contributed by atoms with Crippen molar-refractivity contribution in [3.05, 3.63) is 54.9 Å². The molecule has 0 saturated carbocycles. The highest BCUT2D eigenvalue weighted by Gasteiger charge is 2.07. The number of carbonyl (C=O) groups excluding carboxylic acids is 4. The minimum Gasteiger partial charge on any atom is -0.461 e. The van der Waals surface area contributed by atoms with E-state index in [1.807, 2.05) is 0 Å². The molecule has 0 spiro atoms. The van der Waals surface area contributed by atoms with Crippen LogP contribution in [0.4, 0.5) is 9.59 Å². The third-order valence-electron chi connectivity index (χ3n) is 3.13. The van der Waals surface area contributed by atoms with Crippen LogP contribution in [0.1, 0.15) is 11.4 Å². The Morgan fingerprint density at radius 2 is 1.23 bits per heavy atom. The van der Waals surface area contributed by atoms with E-state index in [0.717, 1.165) is 12.2 Å². The molecule has 1 heterocycles. The molecular formula is C19H23N3O8. The van der Waals surface area contributed by atoms with Gasteiger partial charge in [0.25, 0.3) is 0 Å². The molecule has 0 aliphatic rings. The second-order valence-electron chi connectivity index (χ2n) is 5.37. The normalized spacial score (nSPS) is 9.60. The lowest BCUT2D eigenvalue weighted by Crippen LogP contribution is -2.28. The van der Waals surface area contributed by atoms with Gasteiger partial charge in [-0.2, -0.15) is 0 Å². The molecule has 1 aromatic heterocycles. The van der Waals surface area contributed by atoms with Crippen LogP contribution in [0.2, 0.25) is 0 Å². The van der Waals surface area contributed by atoms with Crippen molar-refractivity contribution in [1.82, 2.24) is 15.6 Å². The summed E-state index contributed by atoms with van der Waals surface area (Å²) in [5, 5.41) is 4.81. The fraction of sp³-hybridized carbons (Fsp3) is 0.316. The third kappa shape index (κ3) is 11.1. The third-order valence-corrected chi connectivity index (χ3v) is 3.13. The number of ether oxygens (including phenoxy) is 4. The van der Waals surface area contributed by atoms with Gasteiger partial charge in [0.2, 0.25) is 0 Å². The van der Waals surface area contributed by atoms with Gasteiger partial charge < -0.3 is 29.6 Å². The molecule has 0 aliphatic carbocycles. The van der Waals surface area contributed by atoms with Crippen LogP contribution in [-0.4, -0.2) is 55.4 Å².